The largest absolute Gasteiger partial charge is 0.507 e. The van der Waals surface area contributed by atoms with Crippen LogP contribution in [0.4, 0.5) is 0 Å². The molecule has 1 aliphatic heterocycles. The quantitative estimate of drug-likeness (QED) is 0.735. The van der Waals surface area contributed by atoms with Crippen LogP contribution in [0.1, 0.15) is 25.3 Å². The average molecular weight is 379 g/mol. The second-order valence-corrected chi connectivity index (χ2v) is 6.67. The molecule has 1 atom stereocenters. The molecule has 1 unspecified atom stereocenters. The Morgan fingerprint density at radius 3 is 3.04 bits per heavy atom. The van der Waals surface area contributed by atoms with E-state index in [4.69, 9.17) is 9.47 Å². The fourth-order valence-corrected chi connectivity index (χ4v) is 3.06. The Labute approximate surface area is 146 Å². The first-order chi connectivity index (χ1) is 11.0. The molecule has 0 aromatic heterocycles. The maximum atomic E-state index is 9.91. The lowest BCUT2D eigenvalue weighted by molar-refractivity contribution is 0.115. The summed E-state index contributed by atoms with van der Waals surface area (Å²) in [6.07, 6.45) is 5.98. The third-order valence-corrected chi connectivity index (χ3v) is 4.36. The summed E-state index contributed by atoms with van der Waals surface area (Å²) < 4.78 is 11.9. The van der Waals surface area contributed by atoms with Crippen LogP contribution < -0.4 is 0 Å². The van der Waals surface area contributed by atoms with E-state index in [1.807, 2.05) is 18.2 Å². The first kappa shape index (κ1) is 18.0. The minimum atomic E-state index is 0.0807. The third kappa shape index (κ3) is 5.06. The molecule has 2 rings (SSSR count). The Morgan fingerprint density at radius 2 is 2.30 bits per heavy atom. The van der Waals surface area contributed by atoms with Crippen LogP contribution in [0, 0.1) is 0 Å². The molecule has 1 aromatic carbocycles. The van der Waals surface area contributed by atoms with Crippen LogP contribution in [0.3, 0.4) is 0 Å². The van der Waals surface area contributed by atoms with Crippen molar-refractivity contribution in [1.29, 1.82) is 0 Å². The van der Waals surface area contributed by atoms with Gasteiger partial charge in [-0.2, -0.15) is 0 Å². The zero-order valence-corrected chi connectivity index (χ0v) is 15.2. The summed E-state index contributed by atoms with van der Waals surface area (Å²) in [5.74, 6) is 0.290. The molecule has 0 fully saturated rings. The minimum absolute atomic E-state index is 0.0807. The van der Waals surface area contributed by atoms with Gasteiger partial charge in [-0.3, -0.25) is 0 Å². The van der Waals surface area contributed by atoms with Crippen LogP contribution in [0.15, 0.2) is 52.0 Å². The molecule has 4 heteroatoms. The molecule has 0 radical (unpaired) electrons. The normalized spacial score (nSPS) is 18.1. The van der Waals surface area contributed by atoms with E-state index in [2.05, 4.69) is 35.5 Å². The Balaban J connectivity index is 1.97. The highest BCUT2D eigenvalue weighted by Crippen LogP contribution is 2.28. The smallest absolute Gasteiger partial charge is 0.122 e. The summed E-state index contributed by atoms with van der Waals surface area (Å²) in [5, 5.41) is 9.91. The third-order valence-electron chi connectivity index (χ3n) is 3.87. The second kappa shape index (κ2) is 8.48. The van der Waals surface area contributed by atoms with Crippen molar-refractivity contribution in [3.8, 4) is 5.75 Å². The van der Waals surface area contributed by atoms with Crippen molar-refractivity contribution >= 4 is 22.0 Å². The highest BCUT2D eigenvalue weighted by Gasteiger charge is 2.21. The molecule has 0 saturated heterocycles. The molecule has 0 bridgehead atoms. The van der Waals surface area contributed by atoms with Crippen molar-refractivity contribution in [2.75, 3.05) is 20.3 Å². The van der Waals surface area contributed by atoms with E-state index in [1.54, 1.807) is 13.2 Å². The number of methoxy groups -OCH3 is 1. The number of aromatic hydroxyl groups is 1. The van der Waals surface area contributed by atoms with Gasteiger partial charge in [-0.05, 0) is 49.1 Å². The van der Waals surface area contributed by atoms with Gasteiger partial charge < -0.3 is 14.6 Å². The van der Waals surface area contributed by atoms with Crippen molar-refractivity contribution in [3.63, 3.8) is 0 Å². The molecular weight excluding hydrogens is 356 g/mol. The summed E-state index contributed by atoms with van der Waals surface area (Å²) in [6.45, 7) is 7.31. The summed E-state index contributed by atoms with van der Waals surface area (Å²) in [5.41, 5.74) is 4.17. The SMILES string of the molecule is C=C(COC)C1=CCOC1CC/C(C)=C/c1cc(Br)ccc1O. The van der Waals surface area contributed by atoms with Gasteiger partial charge in [0.25, 0.3) is 0 Å². The molecule has 0 saturated carbocycles. The topological polar surface area (TPSA) is 38.7 Å². The number of benzene rings is 1. The molecule has 1 aromatic rings. The Hall–Kier alpha value is -1.36. The maximum Gasteiger partial charge on any atom is 0.122 e. The predicted octanol–water partition coefficient (Wildman–Crippen LogP) is 4.87. The van der Waals surface area contributed by atoms with Gasteiger partial charge in [0.1, 0.15) is 5.75 Å². The first-order valence-corrected chi connectivity index (χ1v) is 8.45. The van der Waals surface area contributed by atoms with Gasteiger partial charge >= 0.3 is 0 Å². The highest BCUT2D eigenvalue weighted by molar-refractivity contribution is 9.10. The predicted molar refractivity (Wildman–Crippen MR) is 97.5 cm³/mol. The zero-order chi connectivity index (χ0) is 16.8. The van der Waals surface area contributed by atoms with Gasteiger partial charge in [0.15, 0.2) is 0 Å². The van der Waals surface area contributed by atoms with E-state index in [9.17, 15) is 5.11 Å². The van der Waals surface area contributed by atoms with Crippen molar-refractivity contribution in [2.45, 2.75) is 25.9 Å². The molecule has 0 amide bonds. The maximum absolute atomic E-state index is 9.91. The van der Waals surface area contributed by atoms with Gasteiger partial charge in [-0.1, -0.05) is 40.2 Å². The number of hydrogen-bond acceptors (Lipinski definition) is 3. The zero-order valence-electron chi connectivity index (χ0n) is 13.6. The van der Waals surface area contributed by atoms with Gasteiger partial charge in [0, 0.05) is 17.1 Å². The lowest BCUT2D eigenvalue weighted by Crippen LogP contribution is -2.13. The van der Waals surface area contributed by atoms with Crippen LogP contribution in [0.5, 0.6) is 5.75 Å². The van der Waals surface area contributed by atoms with E-state index in [1.165, 1.54) is 5.57 Å². The molecule has 3 nitrogen and oxygen atoms in total. The van der Waals surface area contributed by atoms with Crippen molar-refractivity contribution in [2.24, 2.45) is 0 Å². The van der Waals surface area contributed by atoms with E-state index in [0.717, 1.165) is 34.0 Å². The molecule has 124 valence electrons. The molecule has 23 heavy (non-hydrogen) atoms. The average Bonchev–Trinajstić information content (AvgIpc) is 2.98. The summed E-state index contributed by atoms with van der Waals surface area (Å²) in [4.78, 5) is 0. The fraction of sp³-hybridized carbons (Fsp3) is 0.368. The molecule has 0 aliphatic carbocycles. The van der Waals surface area contributed by atoms with Gasteiger partial charge in [-0.15, -0.1) is 0 Å². The van der Waals surface area contributed by atoms with Crippen LogP contribution >= 0.6 is 15.9 Å². The fourth-order valence-electron chi connectivity index (χ4n) is 2.68. The molecule has 0 spiro atoms. The van der Waals surface area contributed by atoms with Gasteiger partial charge in [0.05, 0.1) is 19.3 Å². The van der Waals surface area contributed by atoms with E-state index < -0.39 is 0 Å². The summed E-state index contributed by atoms with van der Waals surface area (Å²) >= 11 is 3.43. The Kier molecular flexibility index (Phi) is 6.63. The van der Waals surface area contributed by atoms with Gasteiger partial charge in [-0.25, -0.2) is 0 Å². The number of ether oxygens (including phenoxy) is 2. The van der Waals surface area contributed by atoms with Crippen LogP contribution in [0.2, 0.25) is 0 Å². The van der Waals surface area contributed by atoms with Crippen LogP contribution in [-0.4, -0.2) is 31.5 Å². The Bertz CT molecular complexity index is 632. The van der Waals surface area contributed by atoms with Crippen molar-refractivity contribution in [1.82, 2.24) is 0 Å². The number of halogens is 1. The van der Waals surface area contributed by atoms with Crippen molar-refractivity contribution < 1.29 is 14.6 Å². The first-order valence-electron chi connectivity index (χ1n) is 7.65. The standard InChI is InChI=1S/C19H23BrO3/c1-13(10-15-11-16(20)5-6-18(15)21)4-7-19-17(8-9-23-19)14(2)12-22-3/h5-6,8,10-11,19,21H,2,4,7,9,12H2,1,3H3/b13-10+. The molecular formula is C19H23BrO3. The lowest BCUT2D eigenvalue weighted by atomic mass is 9.97. The second-order valence-electron chi connectivity index (χ2n) is 5.75. The number of rotatable bonds is 7. The van der Waals surface area contributed by atoms with Crippen molar-refractivity contribution in [3.05, 3.63) is 57.6 Å². The highest BCUT2D eigenvalue weighted by atomic mass is 79.9. The van der Waals surface area contributed by atoms with Crippen LogP contribution in [-0.2, 0) is 9.47 Å². The number of phenols is 1. The lowest BCUT2D eigenvalue weighted by Gasteiger charge is -2.16. The minimum Gasteiger partial charge on any atom is -0.507 e. The van der Waals surface area contributed by atoms with E-state index in [0.29, 0.717) is 19.0 Å². The van der Waals surface area contributed by atoms with Gasteiger partial charge in [0.2, 0.25) is 0 Å². The van der Waals surface area contributed by atoms with E-state index >= 15 is 0 Å². The number of hydrogen-bond donors (Lipinski definition) is 1. The monoisotopic (exact) mass is 378 g/mol. The van der Waals surface area contributed by atoms with E-state index in [-0.39, 0.29) is 6.10 Å². The number of phenolic OH excluding ortho intramolecular Hbond substituents is 1. The number of allylic oxidation sites excluding steroid dienone is 1. The van der Waals surface area contributed by atoms with Crippen LogP contribution in [0.25, 0.3) is 6.08 Å². The summed E-state index contributed by atoms with van der Waals surface area (Å²) in [7, 11) is 1.67. The Morgan fingerprint density at radius 1 is 1.52 bits per heavy atom. The molecule has 1 aliphatic rings. The molecule has 1 N–H and O–H groups in total. The molecule has 1 heterocycles. The summed E-state index contributed by atoms with van der Waals surface area (Å²) in [6, 6.07) is 5.43.